The van der Waals surface area contributed by atoms with Gasteiger partial charge < -0.3 is 14.2 Å². The van der Waals surface area contributed by atoms with Crippen LogP contribution >= 0.6 is 0 Å². The van der Waals surface area contributed by atoms with E-state index in [2.05, 4.69) is 75.6 Å². The van der Waals surface area contributed by atoms with Gasteiger partial charge in [-0.1, -0.05) is 65.8 Å². The molecule has 1 aromatic rings. The molecule has 1 heterocycles. The smallest absolute Gasteiger partial charge is 0.0701 e. The molecule has 1 aliphatic heterocycles. The molecule has 0 amide bonds. The van der Waals surface area contributed by atoms with E-state index in [1.54, 1.807) is 0 Å². The van der Waals surface area contributed by atoms with E-state index in [0.29, 0.717) is 37.3 Å². The van der Waals surface area contributed by atoms with Crippen molar-refractivity contribution in [1.82, 2.24) is 9.80 Å². The highest BCUT2D eigenvalue weighted by Gasteiger charge is 2.17. The van der Waals surface area contributed by atoms with Gasteiger partial charge in [0.15, 0.2) is 0 Å². The summed E-state index contributed by atoms with van der Waals surface area (Å²) in [5, 5.41) is 0. The van der Waals surface area contributed by atoms with Crippen molar-refractivity contribution in [1.29, 1.82) is 0 Å². The van der Waals surface area contributed by atoms with Gasteiger partial charge in [0.25, 0.3) is 0 Å². The third-order valence-corrected chi connectivity index (χ3v) is 5.92. The Kier molecular flexibility index (Phi) is 12.4. The molecule has 0 aliphatic carbocycles. The third kappa shape index (κ3) is 14.1. The van der Waals surface area contributed by atoms with E-state index in [4.69, 9.17) is 14.2 Å². The average Bonchev–Trinajstić information content (AvgIpc) is 2.73. The van der Waals surface area contributed by atoms with Gasteiger partial charge in [0.05, 0.1) is 33.0 Å². The summed E-state index contributed by atoms with van der Waals surface area (Å²) in [5.41, 5.74) is 3.53. The van der Waals surface area contributed by atoms with Gasteiger partial charge >= 0.3 is 0 Å². The molecule has 0 saturated carbocycles. The zero-order valence-electron chi connectivity index (χ0n) is 22.3. The molecule has 5 nitrogen and oxygen atoms in total. The lowest BCUT2D eigenvalue weighted by molar-refractivity contribution is 0.00455. The van der Waals surface area contributed by atoms with Gasteiger partial charge in [-0.3, -0.25) is 9.80 Å². The van der Waals surface area contributed by atoms with Crippen LogP contribution in [0, 0.1) is 10.8 Å². The maximum atomic E-state index is 5.76. The first-order valence-electron chi connectivity index (χ1n) is 12.9. The zero-order chi connectivity index (χ0) is 24.2. The van der Waals surface area contributed by atoms with Crippen LogP contribution in [0.2, 0.25) is 0 Å². The minimum absolute atomic E-state index is 0.333. The number of hydrogen-bond acceptors (Lipinski definition) is 5. The van der Waals surface area contributed by atoms with E-state index in [9.17, 15) is 0 Å². The average molecular weight is 463 g/mol. The van der Waals surface area contributed by atoms with Gasteiger partial charge in [0.2, 0.25) is 0 Å². The standard InChI is InChI=1S/C28H50N2O3/c1-27(2,3)11-17-31-19-21-33-22-20-32-18-16-29-12-14-30(15-13-29)24-26-9-7-25(8-10-26)23-28(4,5)6/h7-10H,11-24H2,1-6H3. The maximum absolute atomic E-state index is 5.76. The van der Waals surface area contributed by atoms with Crippen molar-refractivity contribution < 1.29 is 14.2 Å². The summed E-state index contributed by atoms with van der Waals surface area (Å²) in [6, 6.07) is 9.22. The van der Waals surface area contributed by atoms with Gasteiger partial charge in [0, 0.05) is 45.9 Å². The molecule has 33 heavy (non-hydrogen) atoms. The minimum Gasteiger partial charge on any atom is -0.379 e. The van der Waals surface area contributed by atoms with E-state index in [0.717, 1.165) is 65.3 Å². The highest BCUT2D eigenvalue weighted by Crippen LogP contribution is 2.21. The lowest BCUT2D eigenvalue weighted by atomic mass is 9.88. The van der Waals surface area contributed by atoms with Crippen molar-refractivity contribution in [3.63, 3.8) is 0 Å². The molecule has 0 atom stereocenters. The Morgan fingerprint density at radius 2 is 1.09 bits per heavy atom. The van der Waals surface area contributed by atoms with Crippen molar-refractivity contribution in [3.8, 4) is 0 Å². The normalized spacial score (nSPS) is 16.4. The molecule has 0 spiro atoms. The molecule has 190 valence electrons. The molecule has 1 aromatic carbocycles. The molecule has 2 rings (SSSR count). The van der Waals surface area contributed by atoms with Gasteiger partial charge in [-0.25, -0.2) is 0 Å². The predicted octanol–water partition coefficient (Wildman–Crippen LogP) is 4.88. The largest absolute Gasteiger partial charge is 0.379 e. The SMILES string of the molecule is CC(C)(C)CCOCCOCCOCCN1CCN(Cc2ccc(CC(C)(C)C)cc2)CC1. The topological polar surface area (TPSA) is 34.2 Å². The molecule has 1 aliphatic rings. The Morgan fingerprint density at radius 3 is 1.64 bits per heavy atom. The number of ether oxygens (including phenoxy) is 3. The second-order valence-electron chi connectivity index (χ2n) is 11.8. The second kappa shape index (κ2) is 14.4. The van der Waals surface area contributed by atoms with Crippen molar-refractivity contribution in [2.75, 3.05) is 72.4 Å². The molecule has 0 radical (unpaired) electrons. The first kappa shape index (κ1) is 28.3. The van der Waals surface area contributed by atoms with Crippen LogP contribution in [-0.4, -0.2) is 82.2 Å². The first-order valence-corrected chi connectivity index (χ1v) is 12.9. The van der Waals surface area contributed by atoms with E-state index >= 15 is 0 Å². The Hall–Kier alpha value is -0.980. The predicted molar refractivity (Wildman–Crippen MR) is 138 cm³/mol. The van der Waals surface area contributed by atoms with Crippen LogP contribution in [0.15, 0.2) is 24.3 Å². The van der Waals surface area contributed by atoms with Crippen LogP contribution in [0.3, 0.4) is 0 Å². The summed E-state index contributed by atoms with van der Waals surface area (Å²) in [4.78, 5) is 5.07. The number of benzene rings is 1. The van der Waals surface area contributed by atoms with E-state index in [-0.39, 0.29) is 0 Å². The Morgan fingerprint density at radius 1 is 0.606 bits per heavy atom. The monoisotopic (exact) mass is 462 g/mol. The van der Waals surface area contributed by atoms with E-state index in [1.807, 2.05) is 0 Å². The van der Waals surface area contributed by atoms with Crippen LogP contribution in [-0.2, 0) is 27.2 Å². The number of piperazine rings is 1. The molecule has 0 N–H and O–H groups in total. The van der Waals surface area contributed by atoms with E-state index in [1.165, 1.54) is 11.1 Å². The lowest BCUT2D eigenvalue weighted by Crippen LogP contribution is -2.46. The summed E-state index contributed by atoms with van der Waals surface area (Å²) in [6.45, 7) is 24.3. The highest BCUT2D eigenvalue weighted by molar-refractivity contribution is 5.23. The zero-order valence-corrected chi connectivity index (χ0v) is 22.3. The number of rotatable bonds is 14. The molecular formula is C28H50N2O3. The summed E-state index contributed by atoms with van der Waals surface area (Å²) < 4.78 is 17.0. The fraction of sp³-hybridized carbons (Fsp3) is 0.786. The molecule has 1 fully saturated rings. The van der Waals surface area contributed by atoms with Crippen LogP contribution in [0.25, 0.3) is 0 Å². The van der Waals surface area contributed by atoms with Crippen molar-refractivity contribution >= 4 is 0 Å². The first-order chi connectivity index (χ1) is 15.6. The quantitative estimate of drug-likeness (QED) is 0.368. The van der Waals surface area contributed by atoms with Gasteiger partial charge in [0.1, 0.15) is 0 Å². The van der Waals surface area contributed by atoms with Crippen LogP contribution in [0.4, 0.5) is 0 Å². The molecule has 1 saturated heterocycles. The van der Waals surface area contributed by atoms with Crippen LogP contribution < -0.4 is 0 Å². The lowest BCUT2D eigenvalue weighted by Gasteiger charge is -2.34. The van der Waals surface area contributed by atoms with Gasteiger partial charge in [-0.05, 0) is 34.8 Å². The molecule has 0 bridgehead atoms. The number of hydrogen-bond donors (Lipinski definition) is 0. The molecule has 0 unspecified atom stereocenters. The van der Waals surface area contributed by atoms with E-state index < -0.39 is 0 Å². The Labute approximate surface area is 203 Å². The second-order valence-corrected chi connectivity index (χ2v) is 11.8. The molecule has 5 heteroatoms. The Balaban J connectivity index is 1.45. The fourth-order valence-corrected chi connectivity index (χ4v) is 3.92. The van der Waals surface area contributed by atoms with Crippen LogP contribution in [0.5, 0.6) is 0 Å². The minimum atomic E-state index is 0.333. The van der Waals surface area contributed by atoms with Crippen molar-refractivity contribution in [3.05, 3.63) is 35.4 Å². The number of nitrogens with zero attached hydrogens (tertiary/aromatic N) is 2. The third-order valence-electron chi connectivity index (χ3n) is 5.92. The summed E-state index contributed by atoms with van der Waals surface area (Å²) >= 11 is 0. The highest BCUT2D eigenvalue weighted by atomic mass is 16.5. The molecule has 0 aromatic heterocycles. The Bertz CT molecular complexity index is 626. The van der Waals surface area contributed by atoms with Crippen LogP contribution in [0.1, 0.15) is 59.1 Å². The van der Waals surface area contributed by atoms with Gasteiger partial charge in [-0.15, -0.1) is 0 Å². The fourth-order valence-electron chi connectivity index (χ4n) is 3.92. The summed E-state index contributed by atoms with van der Waals surface area (Å²) in [6.07, 6.45) is 2.21. The maximum Gasteiger partial charge on any atom is 0.0701 e. The summed E-state index contributed by atoms with van der Waals surface area (Å²) in [5.74, 6) is 0. The van der Waals surface area contributed by atoms with Gasteiger partial charge in [-0.2, -0.15) is 0 Å². The van der Waals surface area contributed by atoms with Crippen molar-refractivity contribution in [2.45, 2.75) is 60.9 Å². The molecular weight excluding hydrogens is 412 g/mol. The van der Waals surface area contributed by atoms with Crippen molar-refractivity contribution in [2.24, 2.45) is 10.8 Å². The summed E-state index contributed by atoms with van der Waals surface area (Å²) in [7, 11) is 0.